The van der Waals surface area contributed by atoms with Crippen LogP contribution in [0.4, 0.5) is 5.69 Å². The average Bonchev–Trinajstić information content (AvgIpc) is 2.03. The molecular weight excluding hydrogens is 166 g/mol. The molecule has 1 aliphatic heterocycles. The Balaban J connectivity index is 2.44. The van der Waals surface area contributed by atoms with Crippen LogP contribution < -0.4 is 5.32 Å². The van der Waals surface area contributed by atoms with Crippen molar-refractivity contribution in [2.24, 2.45) is 0 Å². The monoisotopic (exact) mass is 177 g/mol. The Labute approximate surface area is 77.8 Å². The summed E-state index contributed by atoms with van der Waals surface area (Å²) in [6.45, 7) is 2.10. The molecule has 62 valence electrons. The lowest BCUT2D eigenvalue weighted by Gasteiger charge is -2.18. The van der Waals surface area contributed by atoms with Crippen LogP contribution in [0.3, 0.4) is 0 Å². The minimum atomic E-state index is 0.966. The third-order valence-corrected chi connectivity index (χ3v) is 2.47. The van der Waals surface area contributed by atoms with Crippen LogP contribution in [0.1, 0.15) is 17.5 Å². The Morgan fingerprint density at radius 1 is 1.33 bits per heavy atom. The molecule has 2 heteroatoms. The summed E-state index contributed by atoms with van der Waals surface area (Å²) in [5, 5.41) is 3.23. The van der Waals surface area contributed by atoms with E-state index in [1.165, 1.54) is 16.8 Å². The number of fused-ring (bicyclic) bond motifs is 1. The SMILES string of the molecule is Cc1ccc2c(c1)NC(=S)CC2. The molecule has 2 rings (SSSR count). The first kappa shape index (κ1) is 7.74. The Morgan fingerprint density at radius 2 is 2.17 bits per heavy atom. The van der Waals surface area contributed by atoms with E-state index >= 15 is 0 Å². The second-order valence-electron chi connectivity index (χ2n) is 3.21. The molecule has 1 aliphatic rings. The Hall–Kier alpha value is -0.890. The number of hydrogen-bond acceptors (Lipinski definition) is 1. The molecular formula is C10H11NS. The maximum Gasteiger partial charge on any atom is 0.0800 e. The van der Waals surface area contributed by atoms with Crippen molar-refractivity contribution in [3.63, 3.8) is 0 Å². The highest BCUT2D eigenvalue weighted by Gasteiger charge is 2.10. The second-order valence-corrected chi connectivity index (χ2v) is 3.70. The van der Waals surface area contributed by atoms with E-state index in [0.29, 0.717) is 0 Å². The predicted octanol–water partition coefficient (Wildman–Crippen LogP) is 2.68. The number of benzene rings is 1. The summed E-state index contributed by atoms with van der Waals surface area (Å²) < 4.78 is 0. The minimum absolute atomic E-state index is 0.966. The van der Waals surface area contributed by atoms with E-state index in [4.69, 9.17) is 12.2 Å². The summed E-state index contributed by atoms with van der Waals surface area (Å²) >= 11 is 5.11. The van der Waals surface area contributed by atoms with Crippen molar-refractivity contribution in [3.8, 4) is 0 Å². The van der Waals surface area contributed by atoms with Gasteiger partial charge in [0, 0.05) is 12.1 Å². The Bertz CT molecular complexity index is 331. The lowest BCUT2D eigenvalue weighted by atomic mass is 10.0. The van der Waals surface area contributed by atoms with Crippen molar-refractivity contribution in [2.75, 3.05) is 5.32 Å². The molecule has 1 nitrogen and oxygen atoms in total. The third kappa shape index (κ3) is 1.34. The number of nitrogens with one attached hydrogen (secondary N) is 1. The first-order chi connectivity index (χ1) is 5.75. The first-order valence-corrected chi connectivity index (χ1v) is 4.56. The van der Waals surface area contributed by atoms with Gasteiger partial charge in [-0.1, -0.05) is 24.4 Å². The minimum Gasteiger partial charge on any atom is -0.350 e. The molecule has 12 heavy (non-hydrogen) atoms. The topological polar surface area (TPSA) is 12.0 Å². The quantitative estimate of drug-likeness (QED) is 0.611. The van der Waals surface area contributed by atoms with E-state index in [1.54, 1.807) is 0 Å². The van der Waals surface area contributed by atoms with Gasteiger partial charge >= 0.3 is 0 Å². The van der Waals surface area contributed by atoms with Gasteiger partial charge in [-0.3, -0.25) is 0 Å². The molecule has 0 radical (unpaired) electrons. The molecule has 0 unspecified atom stereocenters. The van der Waals surface area contributed by atoms with E-state index in [1.807, 2.05) is 0 Å². The van der Waals surface area contributed by atoms with Crippen molar-refractivity contribution >= 4 is 22.9 Å². The van der Waals surface area contributed by atoms with Crippen molar-refractivity contribution < 1.29 is 0 Å². The number of anilines is 1. The molecule has 0 spiro atoms. The third-order valence-electron chi connectivity index (χ3n) is 2.16. The van der Waals surface area contributed by atoms with Gasteiger partial charge in [0.05, 0.1) is 4.99 Å². The van der Waals surface area contributed by atoms with Gasteiger partial charge in [-0.2, -0.15) is 0 Å². The largest absolute Gasteiger partial charge is 0.350 e. The molecule has 1 heterocycles. The summed E-state index contributed by atoms with van der Waals surface area (Å²) in [4.78, 5) is 0.966. The van der Waals surface area contributed by atoms with E-state index in [2.05, 4.69) is 30.4 Å². The number of hydrogen-bond donors (Lipinski definition) is 1. The molecule has 0 saturated heterocycles. The highest BCUT2D eigenvalue weighted by Crippen LogP contribution is 2.23. The van der Waals surface area contributed by atoms with Crippen LogP contribution in [0.5, 0.6) is 0 Å². The fraction of sp³-hybridized carbons (Fsp3) is 0.300. The molecule has 0 bridgehead atoms. The zero-order valence-corrected chi connectivity index (χ0v) is 7.87. The lowest BCUT2D eigenvalue weighted by molar-refractivity contribution is 1.03. The summed E-state index contributed by atoms with van der Waals surface area (Å²) in [6.07, 6.45) is 2.08. The van der Waals surface area contributed by atoms with Gasteiger partial charge in [0.15, 0.2) is 0 Å². The van der Waals surface area contributed by atoms with Crippen LogP contribution in [0.2, 0.25) is 0 Å². The van der Waals surface area contributed by atoms with Gasteiger partial charge in [0.25, 0.3) is 0 Å². The van der Waals surface area contributed by atoms with Crippen molar-refractivity contribution in [3.05, 3.63) is 29.3 Å². The maximum atomic E-state index is 5.11. The summed E-state index contributed by atoms with van der Waals surface area (Å²) in [5.41, 5.74) is 3.87. The zero-order chi connectivity index (χ0) is 8.55. The van der Waals surface area contributed by atoms with Crippen LogP contribution in [-0.4, -0.2) is 4.99 Å². The zero-order valence-electron chi connectivity index (χ0n) is 7.05. The molecule has 0 amide bonds. The van der Waals surface area contributed by atoms with E-state index in [-0.39, 0.29) is 0 Å². The number of aryl methyl sites for hydroxylation is 2. The maximum absolute atomic E-state index is 5.11. The smallest absolute Gasteiger partial charge is 0.0800 e. The fourth-order valence-electron chi connectivity index (χ4n) is 1.49. The highest BCUT2D eigenvalue weighted by molar-refractivity contribution is 7.80. The normalized spacial score (nSPS) is 15.2. The van der Waals surface area contributed by atoms with E-state index < -0.39 is 0 Å². The predicted molar refractivity (Wildman–Crippen MR) is 55.7 cm³/mol. The Morgan fingerprint density at radius 3 is 3.00 bits per heavy atom. The van der Waals surface area contributed by atoms with Crippen molar-refractivity contribution in [1.82, 2.24) is 0 Å². The molecule has 0 aliphatic carbocycles. The summed E-state index contributed by atoms with van der Waals surface area (Å²) in [5.74, 6) is 0. The Kier molecular flexibility index (Phi) is 1.85. The van der Waals surface area contributed by atoms with Crippen molar-refractivity contribution in [1.29, 1.82) is 0 Å². The molecule has 0 saturated carbocycles. The van der Waals surface area contributed by atoms with Gasteiger partial charge in [-0.15, -0.1) is 0 Å². The van der Waals surface area contributed by atoms with Crippen LogP contribution in [0.25, 0.3) is 0 Å². The van der Waals surface area contributed by atoms with Crippen LogP contribution in [-0.2, 0) is 6.42 Å². The van der Waals surface area contributed by atoms with Crippen LogP contribution >= 0.6 is 12.2 Å². The molecule has 0 fully saturated rings. The fourth-order valence-corrected chi connectivity index (χ4v) is 1.70. The highest BCUT2D eigenvalue weighted by atomic mass is 32.1. The van der Waals surface area contributed by atoms with Gasteiger partial charge in [0.2, 0.25) is 0 Å². The van der Waals surface area contributed by atoms with Crippen LogP contribution in [0, 0.1) is 6.92 Å². The second kappa shape index (κ2) is 2.87. The average molecular weight is 177 g/mol. The van der Waals surface area contributed by atoms with Gasteiger partial charge in [-0.25, -0.2) is 0 Å². The molecule has 1 aromatic rings. The van der Waals surface area contributed by atoms with Gasteiger partial charge < -0.3 is 5.32 Å². The molecule has 1 N–H and O–H groups in total. The van der Waals surface area contributed by atoms with Crippen molar-refractivity contribution in [2.45, 2.75) is 19.8 Å². The molecule has 1 aromatic carbocycles. The number of thiocarbonyl (C=S) groups is 1. The number of rotatable bonds is 0. The van der Waals surface area contributed by atoms with Gasteiger partial charge in [0.1, 0.15) is 0 Å². The summed E-state index contributed by atoms with van der Waals surface area (Å²) in [7, 11) is 0. The standard InChI is InChI=1S/C10H11NS/c1-7-2-3-8-4-5-10(12)11-9(8)6-7/h2-3,6H,4-5H2,1H3,(H,11,12). The molecule has 0 aromatic heterocycles. The van der Waals surface area contributed by atoms with Crippen LogP contribution in [0.15, 0.2) is 18.2 Å². The lowest BCUT2D eigenvalue weighted by Crippen LogP contribution is -2.16. The summed E-state index contributed by atoms with van der Waals surface area (Å²) in [6, 6.07) is 6.48. The first-order valence-electron chi connectivity index (χ1n) is 4.15. The molecule has 0 atom stereocenters. The van der Waals surface area contributed by atoms with Gasteiger partial charge in [-0.05, 0) is 30.5 Å². The van der Waals surface area contributed by atoms with E-state index in [9.17, 15) is 0 Å². The van der Waals surface area contributed by atoms with E-state index in [0.717, 1.165) is 17.8 Å².